The van der Waals surface area contributed by atoms with E-state index in [1.807, 2.05) is 0 Å². The molecule has 2 aromatic rings. The molecule has 0 saturated carbocycles. The van der Waals surface area contributed by atoms with Crippen LogP contribution in [0.5, 0.6) is 5.75 Å². The lowest BCUT2D eigenvalue weighted by atomic mass is 9.95. The van der Waals surface area contributed by atoms with E-state index < -0.39 is 46.1 Å². The smallest absolute Gasteiger partial charge is 0.431 e. The fourth-order valence-electron chi connectivity index (χ4n) is 2.81. The SMILES string of the molecule is CC1(Oc2cc(-n3c(=O)cc(C(F)(F)F)[nH]c3=O)c(F)cc2C#N)CC=CC=C1F. The van der Waals surface area contributed by atoms with Crippen molar-refractivity contribution in [3.05, 3.63) is 80.2 Å². The molecule has 6 nitrogen and oxygen atoms in total. The molecule has 11 heteroatoms. The zero-order chi connectivity index (χ0) is 22.3. The maximum Gasteiger partial charge on any atom is 0.431 e. The number of nitrogens with zero attached hydrogens (tertiary/aromatic N) is 2. The molecule has 0 bridgehead atoms. The van der Waals surface area contributed by atoms with Crippen LogP contribution in [0, 0.1) is 17.1 Å². The van der Waals surface area contributed by atoms with Gasteiger partial charge < -0.3 is 9.72 Å². The molecule has 156 valence electrons. The summed E-state index contributed by atoms with van der Waals surface area (Å²) in [6, 6.07) is 3.16. The first-order valence-corrected chi connectivity index (χ1v) is 8.36. The first-order valence-electron chi connectivity index (χ1n) is 8.36. The van der Waals surface area contributed by atoms with Gasteiger partial charge in [0, 0.05) is 18.6 Å². The van der Waals surface area contributed by atoms with Crippen molar-refractivity contribution >= 4 is 0 Å². The van der Waals surface area contributed by atoms with Crippen LogP contribution in [-0.2, 0) is 6.18 Å². The summed E-state index contributed by atoms with van der Waals surface area (Å²) in [6.45, 7) is 1.36. The number of nitrogens with one attached hydrogen (secondary N) is 1. The summed E-state index contributed by atoms with van der Waals surface area (Å²) in [5, 5.41) is 9.24. The fourth-order valence-corrected chi connectivity index (χ4v) is 2.81. The van der Waals surface area contributed by atoms with E-state index in [1.165, 1.54) is 18.0 Å². The number of rotatable bonds is 3. The number of hydrogen-bond acceptors (Lipinski definition) is 4. The van der Waals surface area contributed by atoms with Crippen molar-refractivity contribution < 1.29 is 26.7 Å². The highest BCUT2D eigenvalue weighted by molar-refractivity contribution is 5.52. The van der Waals surface area contributed by atoms with E-state index in [0.29, 0.717) is 6.07 Å². The van der Waals surface area contributed by atoms with Gasteiger partial charge in [0.1, 0.15) is 29.2 Å². The lowest BCUT2D eigenvalue weighted by Crippen LogP contribution is -2.37. The van der Waals surface area contributed by atoms with Crippen LogP contribution in [0.2, 0.25) is 0 Å². The van der Waals surface area contributed by atoms with Crippen molar-refractivity contribution in [3.63, 3.8) is 0 Å². The van der Waals surface area contributed by atoms with Gasteiger partial charge in [0.05, 0.1) is 11.3 Å². The quantitative estimate of drug-likeness (QED) is 0.763. The highest BCUT2D eigenvalue weighted by atomic mass is 19.4. The molecule has 1 aromatic carbocycles. The topological polar surface area (TPSA) is 87.9 Å². The average molecular weight is 425 g/mol. The lowest BCUT2D eigenvalue weighted by molar-refractivity contribution is -0.141. The normalized spacial score (nSPS) is 18.6. The number of hydrogen-bond donors (Lipinski definition) is 1. The first-order chi connectivity index (χ1) is 14.0. The number of alkyl halides is 3. The average Bonchev–Trinajstić information content (AvgIpc) is 2.65. The summed E-state index contributed by atoms with van der Waals surface area (Å²) in [7, 11) is 0. The zero-order valence-electron chi connectivity index (χ0n) is 15.2. The molecule has 0 amide bonds. The van der Waals surface area contributed by atoms with Crippen molar-refractivity contribution in [1.29, 1.82) is 5.26 Å². The van der Waals surface area contributed by atoms with Gasteiger partial charge in [0.25, 0.3) is 5.56 Å². The Bertz CT molecular complexity index is 1200. The van der Waals surface area contributed by atoms with E-state index in [2.05, 4.69) is 0 Å². The largest absolute Gasteiger partial charge is 0.479 e. The second-order valence-corrected chi connectivity index (χ2v) is 6.55. The summed E-state index contributed by atoms with van der Waals surface area (Å²) in [5.41, 5.74) is -7.29. The van der Waals surface area contributed by atoms with Crippen LogP contribution in [0.4, 0.5) is 22.0 Å². The first kappa shape index (κ1) is 21.0. The fraction of sp³-hybridized carbons (Fsp3) is 0.211. The highest BCUT2D eigenvalue weighted by Gasteiger charge is 2.35. The Hall–Kier alpha value is -3.68. The third-order valence-electron chi connectivity index (χ3n) is 4.38. The van der Waals surface area contributed by atoms with Gasteiger partial charge in [0.2, 0.25) is 0 Å². The number of benzene rings is 1. The molecule has 1 heterocycles. The molecule has 1 aliphatic rings. The molecule has 1 atom stereocenters. The number of ether oxygens (including phenoxy) is 1. The third kappa shape index (κ3) is 3.76. The highest BCUT2D eigenvalue weighted by Crippen LogP contribution is 2.35. The van der Waals surface area contributed by atoms with Crippen LogP contribution in [0.1, 0.15) is 24.6 Å². The van der Waals surface area contributed by atoms with Crippen LogP contribution in [-0.4, -0.2) is 15.2 Å². The Kier molecular flexibility index (Phi) is 5.11. The van der Waals surface area contributed by atoms with Crippen molar-refractivity contribution in [2.24, 2.45) is 0 Å². The summed E-state index contributed by atoms with van der Waals surface area (Å²) in [6.07, 6.45) is -0.770. The minimum Gasteiger partial charge on any atom is -0.479 e. The van der Waals surface area contributed by atoms with Crippen molar-refractivity contribution in [1.82, 2.24) is 9.55 Å². The Morgan fingerprint density at radius 3 is 2.50 bits per heavy atom. The number of halogens is 5. The third-order valence-corrected chi connectivity index (χ3v) is 4.38. The molecule has 0 aliphatic heterocycles. The van der Waals surface area contributed by atoms with E-state index in [0.717, 1.165) is 12.1 Å². The van der Waals surface area contributed by atoms with Gasteiger partial charge in [-0.15, -0.1) is 0 Å². The van der Waals surface area contributed by atoms with Gasteiger partial charge in [-0.3, -0.25) is 4.79 Å². The van der Waals surface area contributed by atoms with Crippen LogP contribution >= 0.6 is 0 Å². The van der Waals surface area contributed by atoms with Gasteiger partial charge in [-0.1, -0.05) is 12.2 Å². The Morgan fingerprint density at radius 2 is 1.93 bits per heavy atom. The van der Waals surface area contributed by atoms with E-state index >= 15 is 0 Å². The molecule has 30 heavy (non-hydrogen) atoms. The molecule has 0 saturated heterocycles. The number of H-pyrrole nitrogens is 1. The number of allylic oxidation sites excluding steroid dienone is 2. The van der Waals surface area contributed by atoms with Gasteiger partial charge in [-0.05, 0) is 19.1 Å². The Balaban J connectivity index is 2.17. The number of aromatic amines is 1. The summed E-state index contributed by atoms with van der Waals surface area (Å²) >= 11 is 0. The Morgan fingerprint density at radius 1 is 1.23 bits per heavy atom. The number of nitriles is 1. The Labute approximate surface area is 165 Å². The van der Waals surface area contributed by atoms with Crippen LogP contribution in [0.3, 0.4) is 0 Å². The molecule has 0 spiro atoms. The van der Waals surface area contributed by atoms with E-state index in [4.69, 9.17) is 4.74 Å². The summed E-state index contributed by atoms with van der Waals surface area (Å²) in [5.74, 6) is -2.29. The standard InChI is InChI=1S/C19H12F5N3O3/c1-18(5-3-2-4-14(18)21)30-13-7-12(11(20)6-10(13)9-25)27-16(28)8-15(19(22,23)24)26-17(27)29/h2-4,6-8H,5H2,1H3,(H,26,29). The molecular formula is C19H12F5N3O3. The zero-order valence-corrected chi connectivity index (χ0v) is 15.2. The van der Waals surface area contributed by atoms with Gasteiger partial charge in [0.15, 0.2) is 5.60 Å². The lowest BCUT2D eigenvalue weighted by Gasteiger charge is -2.30. The molecule has 1 unspecified atom stereocenters. The molecule has 1 N–H and O–H groups in total. The van der Waals surface area contributed by atoms with Gasteiger partial charge >= 0.3 is 11.9 Å². The molecule has 0 radical (unpaired) electrons. The van der Waals surface area contributed by atoms with E-state index in [-0.39, 0.29) is 28.4 Å². The molecule has 0 fully saturated rings. The molecule has 1 aliphatic carbocycles. The molecule has 1 aromatic heterocycles. The minimum atomic E-state index is -5.00. The second kappa shape index (κ2) is 7.29. The maximum absolute atomic E-state index is 14.5. The maximum atomic E-state index is 14.5. The van der Waals surface area contributed by atoms with Gasteiger partial charge in [-0.25, -0.2) is 18.1 Å². The number of aromatic nitrogens is 2. The van der Waals surface area contributed by atoms with E-state index in [9.17, 15) is 36.8 Å². The van der Waals surface area contributed by atoms with Crippen LogP contribution in [0.25, 0.3) is 5.69 Å². The monoisotopic (exact) mass is 425 g/mol. The minimum absolute atomic E-state index is 0.0632. The summed E-state index contributed by atoms with van der Waals surface area (Å²) in [4.78, 5) is 25.7. The molecular weight excluding hydrogens is 413 g/mol. The summed E-state index contributed by atoms with van der Waals surface area (Å²) < 4.78 is 72.7. The predicted octanol–water partition coefficient (Wildman–Crippen LogP) is 3.51. The van der Waals surface area contributed by atoms with Crippen molar-refractivity contribution in [2.45, 2.75) is 25.1 Å². The van der Waals surface area contributed by atoms with Crippen molar-refractivity contribution in [2.75, 3.05) is 0 Å². The van der Waals surface area contributed by atoms with Gasteiger partial charge in [-0.2, -0.15) is 18.4 Å². The second-order valence-electron chi connectivity index (χ2n) is 6.55. The molecule has 3 rings (SSSR count). The van der Waals surface area contributed by atoms with Crippen LogP contribution in [0.15, 0.2) is 51.8 Å². The van der Waals surface area contributed by atoms with Crippen LogP contribution < -0.4 is 16.0 Å². The van der Waals surface area contributed by atoms with Crippen molar-refractivity contribution in [3.8, 4) is 17.5 Å². The predicted molar refractivity (Wildman–Crippen MR) is 94.3 cm³/mol. The van der Waals surface area contributed by atoms with E-state index in [1.54, 1.807) is 12.1 Å².